The van der Waals surface area contributed by atoms with E-state index in [1.165, 1.54) is 50.1 Å². The molecule has 3 nitrogen and oxygen atoms in total. The van der Waals surface area contributed by atoms with Gasteiger partial charge in [-0.25, -0.2) is 0 Å². The molecular formula is C16H25N3. The molecule has 1 N–H and O–H groups in total. The number of rotatable bonds is 4. The van der Waals surface area contributed by atoms with Gasteiger partial charge in [-0.05, 0) is 51.5 Å². The third-order valence-electron chi connectivity index (χ3n) is 4.37. The second-order valence-electron chi connectivity index (χ2n) is 6.26. The normalized spacial score (nSPS) is 26.7. The molecule has 0 bridgehead atoms. The van der Waals surface area contributed by atoms with Gasteiger partial charge in [0.2, 0.25) is 0 Å². The van der Waals surface area contributed by atoms with Gasteiger partial charge in [-0.2, -0.15) is 0 Å². The summed E-state index contributed by atoms with van der Waals surface area (Å²) in [6.07, 6.45) is 3.90. The number of anilines is 1. The summed E-state index contributed by atoms with van der Waals surface area (Å²) < 4.78 is 0. The number of hydrogen-bond donors (Lipinski definition) is 1. The number of nitrogens with one attached hydrogen (secondary N) is 1. The van der Waals surface area contributed by atoms with Crippen molar-refractivity contribution < 1.29 is 0 Å². The van der Waals surface area contributed by atoms with Crippen molar-refractivity contribution in [3.05, 3.63) is 29.8 Å². The second kappa shape index (κ2) is 5.51. The zero-order valence-corrected chi connectivity index (χ0v) is 12.1. The number of benzene rings is 1. The largest absolute Gasteiger partial charge is 0.380 e. The van der Waals surface area contributed by atoms with E-state index in [0.717, 1.165) is 6.04 Å². The Balaban J connectivity index is 1.58. The quantitative estimate of drug-likeness (QED) is 0.893. The topological polar surface area (TPSA) is 18.5 Å². The third-order valence-corrected chi connectivity index (χ3v) is 4.37. The summed E-state index contributed by atoms with van der Waals surface area (Å²) in [7, 11) is 4.36. The van der Waals surface area contributed by atoms with E-state index >= 15 is 0 Å². The molecule has 2 aliphatic heterocycles. The SMILES string of the molecule is CN(C)CC1CCCN1CC1Cc2ccccc2N1. The maximum Gasteiger partial charge on any atom is 0.0429 e. The summed E-state index contributed by atoms with van der Waals surface area (Å²) in [6.45, 7) is 3.65. The lowest BCUT2D eigenvalue weighted by atomic mass is 10.1. The van der Waals surface area contributed by atoms with Crippen LogP contribution in [0.2, 0.25) is 0 Å². The van der Waals surface area contributed by atoms with Gasteiger partial charge in [0.1, 0.15) is 0 Å². The maximum absolute atomic E-state index is 3.68. The molecular weight excluding hydrogens is 234 g/mol. The van der Waals surface area contributed by atoms with Crippen LogP contribution >= 0.6 is 0 Å². The van der Waals surface area contributed by atoms with E-state index in [-0.39, 0.29) is 0 Å². The number of para-hydroxylation sites is 1. The van der Waals surface area contributed by atoms with Crippen LogP contribution in [-0.2, 0) is 6.42 Å². The Morgan fingerprint density at radius 3 is 2.95 bits per heavy atom. The molecule has 2 atom stereocenters. The molecule has 1 aromatic rings. The molecule has 104 valence electrons. The predicted molar refractivity (Wildman–Crippen MR) is 80.7 cm³/mol. The Kier molecular flexibility index (Phi) is 3.76. The molecule has 0 saturated carbocycles. The van der Waals surface area contributed by atoms with Crippen molar-refractivity contribution in [3.8, 4) is 0 Å². The molecule has 0 amide bonds. The Bertz CT molecular complexity index is 405. The Labute approximate surface area is 116 Å². The van der Waals surface area contributed by atoms with Gasteiger partial charge in [0.25, 0.3) is 0 Å². The van der Waals surface area contributed by atoms with Crippen molar-refractivity contribution in [3.63, 3.8) is 0 Å². The lowest BCUT2D eigenvalue weighted by Gasteiger charge is -2.29. The van der Waals surface area contributed by atoms with Crippen LogP contribution in [-0.4, -0.2) is 55.6 Å². The van der Waals surface area contributed by atoms with E-state index in [1.54, 1.807) is 0 Å². The van der Waals surface area contributed by atoms with Crippen LogP contribution in [0.25, 0.3) is 0 Å². The summed E-state index contributed by atoms with van der Waals surface area (Å²) >= 11 is 0. The van der Waals surface area contributed by atoms with Crippen molar-refractivity contribution >= 4 is 5.69 Å². The predicted octanol–water partition coefficient (Wildman–Crippen LogP) is 2.05. The monoisotopic (exact) mass is 259 g/mol. The van der Waals surface area contributed by atoms with Crippen molar-refractivity contribution in [2.75, 3.05) is 39.0 Å². The molecule has 0 spiro atoms. The summed E-state index contributed by atoms with van der Waals surface area (Å²) in [5.41, 5.74) is 2.83. The summed E-state index contributed by atoms with van der Waals surface area (Å²) in [6, 6.07) is 10.1. The molecule has 2 heterocycles. The first-order valence-electron chi connectivity index (χ1n) is 7.45. The fourth-order valence-corrected chi connectivity index (χ4v) is 3.53. The Morgan fingerprint density at radius 1 is 1.32 bits per heavy atom. The third kappa shape index (κ3) is 2.93. The fraction of sp³-hybridized carbons (Fsp3) is 0.625. The van der Waals surface area contributed by atoms with Gasteiger partial charge in [-0.3, -0.25) is 4.90 Å². The van der Waals surface area contributed by atoms with E-state index in [4.69, 9.17) is 0 Å². The summed E-state index contributed by atoms with van der Waals surface area (Å²) in [4.78, 5) is 5.00. The second-order valence-corrected chi connectivity index (χ2v) is 6.26. The summed E-state index contributed by atoms with van der Waals surface area (Å²) in [5.74, 6) is 0. The van der Waals surface area contributed by atoms with Gasteiger partial charge in [-0.15, -0.1) is 0 Å². The van der Waals surface area contributed by atoms with E-state index in [1.807, 2.05) is 0 Å². The van der Waals surface area contributed by atoms with E-state index < -0.39 is 0 Å². The first-order valence-corrected chi connectivity index (χ1v) is 7.45. The molecule has 3 heteroatoms. The van der Waals surface area contributed by atoms with E-state index in [0.29, 0.717) is 6.04 Å². The molecule has 1 fully saturated rings. The van der Waals surface area contributed by atoms with Crippen LogP contribution in [0.15, 0.2) is 24.3 Å². The Hall–Kier alpha value is -1.06. The fourth-order valence-electron chi connectivity index (χ4n) is 3.53. The van der Waals surface area contributed by atoms with Crippen molar-refractivity contribution in [2.24, 2.45) is 0 Å². The molecule has 1 saturated heterocycles. The van der Waals surface area contributed by atoms with Crippen LogP contribution in [0.3, 0.4) is 0 Å². The standard InChI is InChI=1S/C16H25N3/c1-18(2)12-15-7-5-9-19(15)11-14-10-13-6-3-4-8-16(13)17-14/h3-4,6,8,14-15,17H,5,7,9-12H2,1-2H3. The molecule has 2 unspecified atom stereocenters. The first kappa shape index (κ1) is 12.9. The highest BCUT2D eigenvalue weighted by molar-refractivity contribution is 5.56. The zero-order chi connectivity index (χ0) is 13.2. The number of likely N-dealkylation sites (N-methyl/N-ethyl adjacent to an activating group) is 1. The van der Waals surface area contributed by atoms with Gasteiger partial charge in [-0.1, -0.05) is 18.2 Å². The van der Waals surface area contributed by atoms with Gasteiger partial charge in [0, 0.05) is 30.9 Å². The van der Waals surface area contributed by atoms with E-state index in [2.05, 4.69) is 53.5 Å². The molecule has 19 heavy (non-hydrogen) atoms. The van der Waals surface area contributed by atoms with Gasteiger partial charge < -0.3 is 10.2 Å². The van der Waals surface area contributed by atoms with Crippen LogP contribution in [0.1, 0.15) is 18.4 Å². The minimum Gasteiger partial charge on any atom is -0.380 e. The molecule has 0 radical (unpaired) electrons. The van der Waals surface area contributed by atoms with E-state index in [9.17, 15) is 0 Å². The lowest BCUT2D eigenvalue weighted by molar-refractivity contribution is 0.202. The smallest absolute Gasteiger partial charge is 0.0429 e. The molecule has 1 aromatic carbocycles. The first-order chi connectivity index (χ1) is 9.22. The number of fused-ring (bicyclic) bond motifs is 1. The van der Waals surface area contributed by atoms with Crippen LogP contribution in [0.5, 0.6) is 0 Å². The number of nitrogens with zero attached hydrogens (tertiary/aromatic N) is 2. The average Bonchev–Trinajstić information content (AvgIpc) is 2.95. The van der Waals surface area contributed by atoms with Crippen molar-refractivity contribution in [1.29, 1.82) is 0 Å². The van der Waals surface area contributed by atoms with Gasteiger partial charge >= 0.3 is 0 Å². The van der Waals surface area contributed by atoms with Crippen molar-refractivity contribution in [1.82, 2.24) is 9.80 Å². The van der Waals surface area contributed by atoms with Crippen LogP contribution in [0, 0.1) is 0 Å². The highest BCUT2D eigenvalue weighted by Gasteiger charge is 2.29. The minimum absolute atomic E-state index is 0.597. The van der Waals surface area contributed by atoms with Crippen molar-refractivity contribution in [2.45, 2.75) is 31.3 Å². The van der Waals surface area contributed by atoms with Gasteiger partial charge in [0.05, 0.1) is 0 Å². The minimum atomic E-state index is 0.597. The maximum atomic E-state index is 3.68. The van der Waals surface area contributed by atoms with Crippen LogP contribution in [0.4, 0.5) is 5.69 Å². The molecule has 3 rings (SSSR count). The highest BCUT2D eigenvalue weighted by atomic mass is 15.2. The Morgan fingerprint density at radius 2 is 2.16 bits per heavy atom. The number of hydrogen-bond acceptors (Lipinski definition) is 3. The average molecular weight is 259 g/mol. The zero-order valence-electron chi connectivity index (χ0n) is 12.1. The lowest BCUT2D eigenvalue weighted by Crippen LogP contribution is -2.43. The van der Waals surface area contributed by atoms with Crippen LogP contribution < -0.4 is 5.32 Å². The summed E-state index contributed by atoms with van der Waals surface area (Å²) in [5, 5.41) is 3.68. The molecule has 0 aliphatic carbocycles. The van der Waals surface area contributed by atoms with Gasteiger partial charge in [0.15, 0.2) is 0 Å². The molecule has 0 aromatic heterocycles. The highest BCUT2D eigenvalue weighted by Crippen LogP contribution is 2.27. The molecule has 2 aliphatic rings. The number of likely N-dealkylation sites (tertiary alicyclic amines) is 1.